The van der Waals surface area contributed by atoms with E-state index in [0.29, 0.717) is 12.6 Å². The molecule has 0 aliphatic carbocycles. The lowest BCUT2D eigenvalue weighted by Crippen LogP contribution is -2.35. The number of carbonyl (C=O) groups is 1. The summed E-state index contributed by atoms with van der Waals surface area (Å²) in [6.07, 6.45) is 0.977. The summed E-state index contributed by atoms with van der Waals surface area (Å²) >= 11 is 1.42. The quantitative estimate of drug-likeness (QED) is 0.825. The Morgan fingerprint density at radius 3 is 2.72 bits per heavy atom. The number of ether oxygens (including phenoxy) is 1. The summed E-state index contributed by atoms with van der Waals surface area (Å²) in [5.41, 5.74) is 0.153. The van der Waals surface area contributed by atoms with Gasteiger partial charge in [0.25, 0.3) is 0 Å². The molecule has 0 saturated heterocycles. The van der Waals surface area contributed by atoms with Gasteiger partial charge in [-0.05, 0) is 20.3 Å². The predicted octanol–water partition coefficient (Wildman–Crippen LogP) is 2.40. The molecule has 0 radical (unpaired) electrons. The number of aromatic nitrogens is 1. The van der Waals surface area contributed by atoms with Crippen molar-refractivity contribution in [2.24, 2.45) is 0 Å². The molecule has 0 bridgehead atoms. The Morgan fingerprint density at radius 2 is 2.28 bits per heavy atom. The fourth-order valence-corrected chi connectivity index (χ4v) is 2.65. The van der Waals surface area contributed by atoms with Gasteiger partial charge in [0.1, 0.15) is 0 Å². The van der Waals surface area contributed by atoms with Crippen molar-refractivity contribution in [1.29, 1.82) is 0 Å². The Hall–Kier alpha value is -1.14. The highest BCUT2D eigenvalue weighted by Gasteiger charge is 2.20. The van der Waals surface area contributed by atoms with Gasteiger partial charge in [-0.3, -0.25) is 0 Å². The molecule has 18 heavy (non-hydrogen) atoms. The fraction of sp³-hybridized carbons (Fsp3) is 0.667. The molecule has 1 rings (SSSR count). The minimum Gasteiger partial charge on any atom is -0.476 e. The molecule has 0 aliphatic heterocycles. The Bertz CT molecular complexity index is 406. The van der Waals surface area contributed by atoms with Crippen molar-refractivity contribution >= 4 is 22.4 Å². The number of methoxy groups -OCH3 is 1. The summed E-state index contributed by atoms with van der Waals surface area (Å²) in [4.78, 5) is 18.1. The minimum atomic E-state index is -0.967. The molecule has 1 atom stereocenters. The van der Waals surface area contributed by atoms with E-state index in [1.807, 2.05) is 0 Å². The Labute approximate surface area is 111 Å². The van der Waals surface area contributed by atoms with Gasteiger partial charge >= 0.3 is 5.97 Å². The zero-order valence-corrected chi connectivity index (χ0v) is 12.1. The third-order valence-electron chi connectivity index (χ3n) is 2.89. The van der Waals surface area contributed by atoms with Crippen molar-refractivity contribution in [1.82, 2.24) is 4.98 Å². The van der Waals surface area contributed by atoms with Gasteiger partial charge in [-0.15, -0.1) is 11.3 Å². The highest BCUT2D eigenvalue weighted by Crippen LogP contribution is 2.27. The number of thiazole rings is 1. The van der Waals surface area contributed by atoms with Crippen molar-refractivity contribution in [3.8, 4) is 0 Å². The number of hydrogen-bond acceptors (Lipinski definition) is 5. The van der Waals surface area contributed by atoms with Crippen molar-refractivity contribution in [3.63, 3.8) is 0 Å². The van der Waals surface area contributed by atoms with Gasteiger partial charge < -0.3 is 14.7 Å². The van der Waals surface area contributed by atoms with E-state index in [-0.39, 0.29) is 5.69 Å². The van der Waals surface area contributed by atoms with E-state index in [9.17, 15) is 4.79 Å². The molecule has 1 unspecified atom stereocenters. The second kappa shape index (κ2) is 6.70. The first-order chi connectivity index (χ1) is 8.51. The topological polar surface area (TPSA) is 62.7 Å². The fourth-order valence-electron chi connectivity index (χ4n) is 1.62. The molecule has 6 heteroatoms. The van der Waals surface area contributed by atoms with Crippen LogP contribution in [0, 0.1) is 6.92 Å². The number of aromatic carboxylic acids is 1. The van der Waals surface area contributed by atoms with E-state index < -0.39 is 5.97 Å². The van der Waals surface area contributed by atoms with Gasteiger partial charge in [0.2, 0.25) is 0 Å². The summed E-state index contributed by atoms with van der Waals surface area (Å²) in [5.74, 6) is -0.967. The smallest absolute Gasteiger partial charge is 0.355 e. The summed E-state index contributed by atoms with van der Waals surface area (Å²) in [6.45, 7) is 7.31. The van der Waals surface area contributed by atoms with E-state index in [0.717, 1.165) is 23.0 Å². The average Bonchev–Trinajstić information content (AvgIpc) is 2.71. The number of nitrogens with zero attached hydrogens (tertiary/aromatic N) is 2. The highest BCUT2D eigenvalue weighted by molar-refractivity contribution is 7.15. The number of aryl methyl sites for hydroxylation is 1. The third-order valence-corrected chi connectivity index (χ3v) is 3.90. The number of anilines is 1. The highest BCUT2D eigenvalue weighted by atomic mass is 32.1. The van der Waals surface area contributed by atoms with E-state index in [1.165, 1.54) is 11.3 Å². The minimum absolute atomic E-state index is 0.153. The molecule has 0 saturated carbocycles. The van der Waals surface area contributed by atoms with Crippen molar-refractivity contribution < 1.29 is 14.6 Å². The SMILES string of the molecule is CCC(C)N(CCOC)c1nc(C(=O)O)c(C)s1. The van der Waals surface area contributed by atoms with Crippen LogP contribution in [0.15, 0.2) is 0 Å². The zero-order chi connectivity index (χ0) is 13.7. The second-order valence-electron chi connectivity index (χ2n) is 4.15. The summed E-state index contributed by atoms with van der Waals surface area (Å²) in [6, 6.07) is 0.312. The Balaban J connectivity index is 2.97. The molecule has 0 aliphatic rings. The predicted molar refractivity (Wildman–Crippen MR) is 72.8 cm³/mol. The first kappa shape index (κ1) is 14.9. The standard InChI is InChI=1S/C12H20N2O3S/c1-5-8(2)14(6-7-17-4)12-13-10(11(15)16)9(3)18-12/h8H,5-7H2,1-4H3,(H,15,16). The second-order valence-corrected chi connectivity index (χ2v) is 5.33. The maximum absolute atomic E-state index is 11.0. The van der Waals surface area contributed by atoms with Crippen LogP contribution in [-0.2, 0) is 4.74 Å². The molecule has 1 aromatic rings. The maximum Gasteiger partial charge on any atom is 0.355 e. The van der Waals surface area contributed by atoms with E-state index in [1.54, 1.807) is 14.0 Å². The van der Waals surface area contributed by atoms with Gasteiger partial charge in [-0.25, -0.2) is 9.78 Å². The number of carboxylic acids is 1. The molecular weight excluding hydrogens is 252 g/mol. The van der Waals surface area contributed by atoms with E-state index in [4.69, 9.17) is 9.84 Å². The van der Waals surface area contributed by atoms with Crippen LogP contribution in [-0.4, -0.2) is 42.4 Å². The molecule has 0 amide bonds. The molecule has 102 valence electrons. The molecular formula is C12H20N2O3S. The number of carboxylic acid groups (broad SMARTS) is 1. The number of rotatable bonds is 7. The van der Waals surface area contributed by atoms with Crippen LogP contribution in [0.3, 0.4) is 0 Å². The summed E-state index contributed by atoms with van der Waals surface area (Å²) < 4.78 is 5.09. The lowest BCUT2D eigenvalue weighted by molar-refractivity contribution is 0.0690. The van der Waals surface area contributed by atoms with Crippen molar-refractivity contribution in [2.75, 3.05) is 25.2 Å². The lowest BCUT2D eigenvalue weighted by atomic mass is 10.2. The van der Waals surface area contributed by atoms with Crippen LogP contribution in [0.1, 0.15) is 35.6 Å². The maximum atomic E-state index is 11.0. The van der Waals surface area contributed by atoms with E-state index >= 15 is 0 Å². The third kappa shape index (κ3) is 3.43. The zero-order valence-electron chi connectivity index (χ0n) is 11.3. The normalized spacial score (nSPS) is 12.4. The molecule has 1 N–H and O–H groups in total. The van der Waals surface area contributed by atoms with Gasteiger partial charge in [-0.1, -0.05) is 6.92 Å². The van der Waals surface area contributed by atoms with Gasteiger partial charge in [0.15, 0.2) is 10.8 Å². The van der Waals surface area contributed by atoms with Crippen molar-refractivity contribution in [3.05, 3.63) is 10.6 Å². The van der Waals surface area contributed by atoms with Gasteiger partial charge in [0.05, 0.1) is 6.61 Å². The van der Waals surface area contributed by atoms with Crippen LogP contribution in [0.25, 0.3) is 0 Å². The van der Waals surface area contributed by atoms with Crippen LogP contribution in [0.2, 0.25) is 0 Å². The van der Waals surface area contributed by atoms with Crippen LogP contribution < -0.4 is 4.90 Å². The van der Waals surface area contributed by atoms with Crippen LogP contribution in [0.5, 0.6) is 0 Å². The number of hydrogen-bond donors (Lipinski definition) is 1. The molecule has 0 aromatic carbocycles. The monoisotopic (exact) mass is 272 g/mol. The molecule has 5 nitrogen and oxygen atoms in total. The molecule has 1 aromatic heterocycles. The molecule has 0 fully saturated rings. The first-order valence-corrected chi connectivity index (χ1v) is 6.79. The van der Waals surface area contributed by atoms with Gasteiger partial charge in [-0.2, -0.15) is 0 Å². The molecule has 1 heterocycles. The first-order valence-electron chi connectivity index (χ1n) is 5.97. The van der Waals surface area contributed by atoms with Crippen LogP contribution in [0.4, 0.5) is 5.13 Å². The largest absolute Gasteiger partial charge is 0.476 e. The van der Waals surface area contributed by atoms with Gasteiger partial charge in [0, 0.05) is 24.6 Å². The molecule has 0 spiro atoms. The van der Waals surface area contributed by atoms with E-state index in [2.05, 4.69) is 23.7 Å². The lowest BCUT2D eigenvalue weighted by Gasteiger charge is -2.27. The Morgan fingerprint density at radius 1 is 1.61 bits per heavy atom. The van der Waals surface area contributed by atoms with Crippen LogP contribution >= 0.6 is 11.3 Å². The van der Waals surface area contributed by atoms with Crippen molar-refractivity contribution in [2.45, 2.75) is 33.2 Å². The average molecular weight is 272 g/mol. The summed E-state index contributed by atoms with van der Waals surface area (Å²) in [7, 11) is 1.66. The Kier molecular flexibility index (Phi) is 5.55. The summed E-state index contributed by atoms with van der Waals surface area (Å²) in [5, 5.41) is 9.79.